The molecule has 1 heterocycles. The number of carbonyl (C=O) groups is 2. The van der Waals surface area contributed by atoms with Crippen LogP contribution in [0.4, 0.5) is 11.4 Å². The van der Waals surface area contributed by atoms with Crippen LogP contribution in [0.25, 0.3) is 0 Å². The molecule has 0 spiro atoms. The van der Waals surface area contributed by atoms with Crippen LogP contribution in [0.3, 0.4) is 0 Å². The Labute approximate surface area is 165 Å². The average molecular weight is 416 g/mol. The highest BCUT2D eigenvalue weighted by Gasteiger charge is 2.24. The molecule has 1 amide bonds. The molecular formula is C19H16N2O5S2. The summed E-state index contributed by atoms with van der Waals surface area (Å²) >= 11 is 0.993. The van der Waals surface area contributed by atoms with Crippen LogP contribution in [0.5, 0.6) is 0 Å². The highest BCUT2D eigenvalue weighted by atomic mass is 32.2. The Bertz CT molecular complexity index is 1120. The zero-order valence-electron chi connectivity index (χ0n) is 14.7. The van der Waals surface area contributed by atoms with Crippen molar-refractivity contribution in [2.24, 2.45) is 0 Å². The largest absolute Gasteiger partial charge is 0.478 e. The smallest absolute Gasteiger partial charge is 0.335 e. The van der Waals surface area contributed by atoms with E-state index < -0.39 is 21.9 Å². The van der Waals surface area contributed by atoms with E-state index in [2.05, 4.69) is 5.32 Å². The molecule has 2 aromatic carbocycles. The van der Waals surface area contributed by atoms with Crippen molar-refractivity contribution in [1.29, 1.82) is 0 Å². The molecule has 0 unspecified atom stereocenters. The highest BCUT2D eigenvalue weighted by Crippen LogP contribution is 2.26. The summed E-state index contributed by atoms with van der Waals surface area (Å²) in [4.78, 5) is 23.6. The third kappa shape index (κ3) is 4.05. The van der Waals surface area contributed by atoms with Crippen LogP contribution in [0.1, 0.15) is 20.0 Å². The molecule has 2 N–H and O–H groups in total. The molecule has 0 aliphatic carbocycles. The van der Waals surface area contributed by atoms with Crippen LogP contribution < -0.4 is 9.62 Å². The summed E-state index contributed by atoms with van der Waals surface area (Å²) < 4.78 is 26.7. The first-order valence-electron chi connectivity index (χ1n) is 8.06. The first-order valence-corrected chi connectivity index (χ1v) is 10.4. The fourth-order valence-electron chi connectivity index (χ4n) is 2.43. The molecule has 0 saturated heterocycles. The van der Waals surface area contributed by atoms with E-state index in [-0.39, 0.29) is 15.3 Å². The number of benzene rings is 2. The number of thiophene rings is 1. The van der Waals surface area contributed by atoms with Gasteiger partial charge in [-0.25, -0.2) is 13.2 Å². The van der Waals surface area contributed by atoms with Crippen molar-refractivity contribution in [3.63, 3.8) is 0 Å². The number of carbonyl (C=O) groups excluding carboxylic acids is 1. The molecule has 0 radical (unpaired) electrons. The normalized spacial score (nSPS) is 11.0. The predicted octanol–water partition coefficient (Wildman–Crippen LogP) is 3.52. The number of carboxylic acids is 1. The monoisotopic (exact) mass is 416 g/mol. The third-order valence-corrected chi connectivity index (χ3v) is 6.79. The van der Waals surface area contributed by atoms with Crippen molar-refractivity contribution in [2.45, 2.75) is 4.90 Å². The molecule has 0 atom stereocenters. The van der Waals surface area contributed by atoms with Crippen LogP contribution in [0.15, 0.2) is 70.9 Å². The van der Waals surface area contributed by atoms with E-state index in [1.54, 1.807) is 36.4 Å². The van der Waals surface area contributed by atoms with Gasteiger partial charge in [-0.1, -0.05) is 24.3 Å². The van der Waals surface area contributed by atoms with E-state index in [9.17, 15) is 18.0 Å². The molecule has 1 aromatic heterocycles. The minimum absolute atomic E-state index is 0.00768. The number of nitrogens with zero attached hydrogens (tertiary/aromatic N) is 1. The van der Waals surface area contributed by atoms with E-state index in [1.165, 1.54) is 36.7 Å². The summed E-state index contributed by atoms with van der Waals surface area (Å²) in [5.74, 6) is -1.62. The number of anilines is 2. The predicted molar refractivity (Wildman–Crippen MR) is 108 cm³/mol. The second kappa shape index (κ2) is 7.83. The molecule has 28 heavy (non-hydrogen) atoms. The number of aromatic carboxylic acids is 1. The van der Waals surface area contributed by atoms with E-state index in [1.807, 2.05) is 0 Å². The lowest BCUT2D eigenvalue weighted by Crippen LogP contribution is -2.26. The SMILES string of the molecule is CN(c1ccccc1)S(=O)(=O)c1csc(C(=O)Nc2cccc(C(=O)O)c2)c1. The van der Waals surface area contributed by atoms with Gasteiger partial charge >= 0.3 is 5.97 Å². The molecule has 0 aliphatic heterocycles. The molecule has 0 fully saturated rings. The van der Waals surface area contributed by atoms with Gasteiger partial charge in [-0.3, -0.25) is 9.10 Å². The maximum Gasteiger partial charge on any atom is 0.335 e. The van der Waals surface area contributed by atoms with Gasteiger partial charge in [0, 0.05) is 18.1 Å². The first-order chi connectivity index (χ1) is 13.3. The number of amides is 1. The molecule has 144 valence electrons. The lowest BCUT2D eigenvalue weighted by atomic mass is 10.2. The maximum absolute atomic E-state index is 12.8. The Morgan fingerprint density at radius 3 is 2.43 bits per heavy atom. The van der Waals surface area contributed by atoms with Crippen molar-refractivity contribution in [3.05, 3.63) is 76.5 Å². The van der Waals surface area contributed by atoms with Crippen LogP contribution in [0, 0.1) is 0 Å². The zero-order valence-corrected chi connectivity index (χ0v) is 16.3. The third-order valence-electron chi connectivity index (χ3n) is 3.94. The summed E-state index contributed by atoms with van der Waals surface area (Å²) in [6.45, 7) is 0. The Hall–Kier alpha value is -3.17. The number of hydrogen-bond donors (Lipinski definition) is 2. The maximum atomic E-state index is 12.8. The minimum Gasteiger partial charge on any atom is -0.478 e. The van der Waals surface area contributed by atoms with Crippen molar-refractivity contribution < 1.29 is 23.1 Å². The fourth-order valence-corrected chi connectivity index (χ4v) is 4.78. The van der Waals surface area contributed by atoms with Crippen molar-refractivity contribution >= 4 is 44.6 Å². The Morgan fingerprint density at radius 2 is 1.75 bits per heavy atom. The summed E-state index contributed by atoms with van der Waals surface area (Å²) in [6.07, 6.45) is 0. The van der Waals surface area contributed by atoms with Crippen molar-refractivity contribution in [2.75, 3.05) is 16.7 Å². The second-order valence-corrected chi connectivity index (χ2v) is 8.68. The molecule has 0 saturated carbocycles. The second-order valence-electron chi connectivity index (χ2n) is 5.79. The van der Waals surface area contributed by atoms with Gasteiger partial charge in [0.1, 0.15) is 0 Å². The van der Waals surface area contributed by atoms with Gasteiger partial charge in [0.05, 0.1) is 21.0 Å². The average Bonchev–Trinajstić information content (AvgIpc) is 3.19. The standard InChI is InChI=1S/C19H16N2O5S2/c1-21(15-8-3-2-4-9-15)28(25,26)16-11-17(27-12-16)18(22)20-14-7-5-6-13(10-14)19(23)24/h2-12H,1H3,(H,20,22)(H,23,24). The molecule has 3 aromatic rings. The number of para-hydroxylation sites is 1. The van der Waals surface area contributed by atoms with E-state index in [0.29, 0.717) is 11.4 Å². The van der Waals surface area contributed by atoms with Crippen LogP contribution in [0.2, 0.25) is 0 Å². The van der Waals surface area contributed by atoms with Gasteiger partial charge < -0.3 is 10.4 Å². The number of sulfonamides is 1. The Kier molecular flexibility index (Phi) is 5.48. The lowest BCUT2D eigenvalue weighted by molar-refractivity contribution is 0.0696. The summed E-state index contributed by atoms with van der Waals surface area (Å²) in [5, 5.41) is 13.0. The molecule has 0 bridgehead atoms. The molecule has 0 aliphatic rings. The van der Waals surface area contributed by atoms with Gasteiger partial charge in [0.2, 0.25) is 0 Å². The van der Waals surface area contributed by atoms with Gasteiger partial charge in [0.15, 0.2) is 0 Å². The van der Waals surface area contributed by atoms with Crippen molar-refractivity contribution in [3.8, 4) is 0 Å². The molecule has 7 nitrogen and oxygen atoms in total. The highest BCUT2D eigenvalue weighted by molar-refractivity contribution is 7.93. The summed E-state index contributed by atoms with van der Waals surface area (Å²) in [7, 11) is -2.37. The Balaban J connectivity index is 1.80. The number of rotatable bonds is 6. The van der Waals surface area contributed by atoms with E-state index in [0.717, 1.165) is 15.6 Å². The summed E-state index contributed by atoms with van der Waals surface area (Å²) in [5.41, 5.74) is 0.853. The number of nitrogens with one attached hydrogen (secondary N) is 1. The van der Waals surface area contributed by atoms with Gasteiger partial charge in [0.25, 0.3) is 15.9 Å². The first kappa shape index (κ1) is 19.6. The topological polar surface area (TPSA) is 104 Å². The van der Waals surface area contributed by atoms with Gasteiger partial charge in [-0.05, 0) is 36.4 Å². The van der Waals surface area contributed by atoms with Crippen molar-refractivity contribution in [1.82, 2.24) is 0 Å². The van der Waals surface area contributed by atoms with Crippen LogP contribution >= 0.6 is 11.3 Å². The Morgan fingerprint density at radius 1 is 1.04 bits per heavy atom. The minimum atomic E-state index is -3.81. The number of hydrogen-bond acceptors (Lipinski definition) is 5. The molecule has 9 heteroatoms. The number of carboxylic acid groups (broad SMARTS) is 1. The van der Waals surface area contributed by atoms with Gasteiger partial charge in [-0.15, -0.1) is 11.3 Å². The quantitative estimate of drug-likeness (QED) is 0.640. The van der Waals surface area contributed by atoms with E-state index in [4.69, 9.17) is 5.11 Å². The van der Waals surface area contributed by atoms with Crippen LogP contribution in [-0.2, 0) is 10.0 Å². The molecule has 3 rings (SSSR count). The molecular weight excluding hydrogens is 400 g/mol. The van der Waals surface area contributed by atoms with Crippen LogP contribution in [-0.4, -0.2) is 32.4 Å². The fraction of sp³-hybridized carbons (Fsp3) is 0.0526. The summed E-state index contributed by atoms with van der Waals surface area (Å²) in [6, 6.07) is 15.7. The lowest BCUT2D eigenvalue weighted by Gasteiger charge is -2.18. The van der Waals surface area contributed by atoms with Gasteiger partial charge in [-0.2, -0.15) is 0 Å². The van der Waals surface area contributed by atoms with E-state index >= 15 is 0 Å². The zero-order chi connectivity index (χ0) is 20.3.